The van der Waals surface area contributed by atoms with Crippen LogP contribution in [-0.4, -0.2) is 18.5 Å². The molecule has 3 aromatic rings. The Bertz CT molecular complexity index is 1330. The van der Waals surface area contributed by atoms with Crippen LogP contribution in [0.3, 0.4) is 0 Å². The summed E-state index contributed by atoms with van der Waals surface area (Å²) in [6.07, 6.45) is 0. The van der Waals surface area contributed by atoms with E-state index < -0.39 is 7.81 Å². The summed E-state index contributed by atoms with van der Waals surface area (Å²) < 4.78 is 59.2. The van der Waals surface area contributed by atoms with Crippen LogP contribution in [-0.2, 0) is 24.3 Å². The number of para-hydroxylation sites is 1. The second kappa shape index (κ2) is 14.7. The van der Waals surface area contributed by atoms with Crippen LogP contribution in [0.5, 0.6) is 0 Å². The van der Waals surface area contributed by atoms with Crippen LogP contribution in [0.1, 0.15) is 48.9 Å². The molecule has 0 aliphatic carbocycles. The predicted octanol–water partition coefficient (Wildman–Crippen LogP) is 10.9. The molecule has 0 N–H and O–H groups in total. The number of oxime groups is 1. The molecule has 0 spiro atoms. The molecule has 0 amide bonds. The molecule has 4 rings (SSSR count). The minimum absolute atomic E-state index is 0. The Hall–Kier alpha value is -2.79. The number of nitriles is 1. The fraction of sp³-hybridized carbons (Fsp3) is 0.222. The number of nitrogens with zero attached hydrogens (tertiary/aromatic N) is 3. The molecular weight excluding hydrogens is 664 g/mol. The van der Waals surface area contributed by atoms with E-state index in [-0.39, 0.29) is 19.5 Å². The van der Waals surface area contributed by atoms with Crippen molar-refractivity contribution in [2.75, 3.05) is 7.11 Å². The van der Waals surface area contributed by atoms with E-state index in [4.69, 9.17) is 21.7 Å². The van der Waals surface area contributed by atoms with Gasteiger partial charge in [-0.05, 0) is 36.6 Å². The van der Waals surface area contributed by atoms with Crippen molar-refractivity contribution in [2.24, 2.45) is 10.1 Å². The van der Waals surface area contributed by atoms with Gasteiger partial charge in [0.1, 0.15) is 18.5 Å². The third kappa shape index (κ3) is 15.7. The van der Waals surface area contributed by atoms with Gasteiger partial charge in [-0.25, -0.2) is 4.99 Å². The van der Waals surface area contributed by atoms with Crippen LogP contribution < -0.4 is 0 Å². The van der Waals surface area contributed by atoms with Gasteiger partial charge in [-0.2, -0.15) is 5.26 Å². The molecule has 1 aliphatic rings. The summed E-state index contributed by atoms with van der Waals surface area (Å²) in [5, 5.41) is 12.1. The van der Waals surface area contributed by atoms with Crippen molar-refractivity contribution in [1.29, 1.82) is 5.26 Å². The number of rotatable bonds is 3. The van der Waals surface area contributed by atoms with Crippen LogP contribution in [0.15, 0.2) is 82.9 Å². The van der Waals surface area contributed by atoms with Crippen molar-refractivity contribution in [3.63, 3.8) is 0 Å². The van der Waals surface area contributed by atoms with Crippen molar-refractivity contribution in [3.05, 3.63) is 100 Å². The van der Waals surface area contributed by atoms with Crippen molar-refractivity contribution < 1.29 is 49.5 Å². The van der Waals surface area contributed by atoms with Gasteiger partial charge in [0.05, 0.1) is 11.8 Å². The molecule has 0 bridgehead atoms. The summed E-state index contributed by atoms with van der Waals surface area (Å²) in [7, 11) is -9.12. The van der Waals surface area contributed by atoms with E-state index in [0.717, 1.165) is 28.2 Å². The topological polar surface area (TPSA) is 57.7 Å². The van der Waals surface area contributed by atoms with Crippen molar-refractivity contribution in [2.45, 2.75) is 33.6 Å². The summed E-state index contributed by atoms with van der Waals surface area (Å²) in [5.41, 5.74) is 7.17. The van der Waals surface area contributed by atoms with Crippen LogP contribution in [0.4, 0.5) is 30.9 Å². The van der Waals surface area contributed by atoms with Crippen molar-refractivity contribution in [1.82, 2.24) is 0 Å². The van der Waals surface area contributed by atoms with E-state index in [0.29, 0.717) is 10.9 Å². The molecule has 40 heavy (non-hydrogen) atoms. The van der Waals surface area contributed by atoms with E-state index in [1.807, 2.05) is 48.5 Å². The molecule has 0 atom stereocenters. The van der Waals surface area contributed by atoms with Crippen LogP contribution in [0.2, 0.25) is 5.02 Å². The standard InChI is InChI=1S/C15H11ClN2O.C10H14.C2H3N.F6P.Ru/c1-19-18-15-12-4-2-3-5-13(12)17-14(15)10-6-8-11(16)9-7-10;1-8(2)10-6-4-9(3)5-7-10;1-2-3;1-7(2,3,4,5)6;/h2-9H,1H3;4-8H,1-3H3;1H3;;/q;;;-1;+1/b18-15+;;;;. The summed E-state index contributed by atoms with van der Waals surface area (Å²) in [4.78, 5) is 9.55. The first kappa shape index (κ1) is 37.2. The molecular formula is C27H28ClF6N3OPRu. The van der Waals surface area contributed by atoms with Gasteiger partial charge in [-0.1, -0.05) is 90.8 Å². The largest absolute Gasteiger partial charge is 1.00 e. The van der Waals surface area contributed by atoms with E-state index in [9.17, 15) is 25.2 Å². The Morgan fingerprint density at radius 3 is 1.82 bits per heavy atom. The summed E-state index contributed by atoms with van der Waals surface area (Å²) in [5.74, 6) is 0.653. The number of aryl methyl sites for hydroxylation is 1. The number of hydrogen-bond acceptors (Lipinski definition) is 4. The van der Waals surface area contributed by atoms with E-state index in [1.165, 1.54) is 25.2 Å². The van der Waals surface area contributed by atoms with Gasteiger partial charge >= 0.3 is 52.5 Å². The first-order valence-corrected chi connectivity index (χ1v) is 13.8. The number of aliphatic imine (C=N–C) groups is 1. The monoisotopic (exact) mass is 692 g/mol. The molecule has 0 saturated carbocycles. The number of benzene rings is 3. The van der Waals surface area contributed by atoms with Gasteiger partial charge in [0.15, 0.2) is 0 Å². The minimum Gasteiger partial charge on any atom is 1.00 e. The normalized spacial score (nSPS) is 14.1. The van der Waals surface area contributed by atoms with Gasteiger partial charge in [0.25, 0.3) is 0 Å². The van der Waals surface area contributed by atoms with Crippen LogP contribution in [0.25, 0.3) is 0 Å². The predicted molar refractivity (Wildman–Crippen MR) is 148 cm³/mol. The van der Waals surface area contributed by atoms with E-state index >= 15 is 0 Å². The zero-order valence-electron chi connectivity index (χ0n) is 22.2. The molecule has 13 heteroatoms. The van der Waals surface area contributed by atoms with Gasteiger partial charge in [0, 0.05) is 23.1 Å². The Morgan fingerprint density at radius 1 is 0.900 bits per heavy atom. The maximum Gasteiger partial charge on any atom is 1.00 e. The van der Waals surface area contributed by atoms with Gasteiger partial charge in [0.2, 0.25) is 0 Å². The SMILES string of the molecule is CC#N.CO/N=C1/C(c2ccc(Cl)cc2)=Nc2ccccc21.Cc1ccc(C(C)C)cc1.F[P-](F)(F)(F)(F)F.[Ru+]. The molecule has 0 unspecified atom stereocenters. The second-order valence-electron chi connectivity index (χ2n) is 8.35. The zero-order chi connectivity index (χ0) is 29.9. The quantitative estimate of drug-likeness (QED) is 0.119. The molecule has 3 aromatic carbocycles. The average molecular weight is 692 g/mol. The third-order valence-corrected chi connectivity index (χ3v) is 4.91. The summed E-state index contributed by atoms with van der Waals surface area (Å²) in [6.45, 7) is 7.97. The number of hydrogen-bond donors (Lipinski definition) is 0. The van der Waals surface area contributed by atoms with E-state index in [2.05, 4.69) is 55.2 Å². The second-order valence-corrected chi connectivity index (χ2v) is 10.7. The first-order chi connectivity index (χ1) is 17.9. The van der Waals surface area contributed by atoms with Gasteiger partial charge < -0.3 is 4.84 Å². The molecule has 0 fully saturated rings. The molecule has 4 nitrogen and oxygen atoms in total. The number of halogens is 7. The van der Waals surface area contributed by atoms with Crippen molar-refractivity contribution in [3.8, 4) is 6.07 Å². The smallest absolute Gasteiger partial charge is 1.00 e. The fourth-order valence-corrected chi connectivity index (χ4v) is 3.14. The van der Waals surface area contributed by atoms with Crippen LogP contribution in [0, 0.1) is 18.3 Å². The first-order valence-electron chi connectivity index (χ1n) is 11.4. The molecule has 0 aromatic heterocycles. The fourth-order valence-electron chi connectivity index (χ4n) is 3.02. The summed E-state index contributed by atoms with van der Waals surface area (Å²) in [6, 6.07) is 25.9. The number of fused-ring (bicyclic) bond motifs is 1. The zero-order valence-corrected chi connectivity index (χ0v) is 25.6. The Morgan fingerprint density at radius 2 is 1.38 bits per heavy atom. The Kier molecular flexibility index (Phi) is 13.7. The average Bonchev–Trinajstić information content (AvgIpc) is 3.18. The minimum atomic E-state index is -10.7. The maximum atomic E-state index is 9.87. The molecule has 219 valence electrons. The molecule has 1 aliphatic heterocycles. The van der Waals surface area contributed by atoms with E-state index in [1.54, 1.807) is 6.07 Å². The maximum absolute atomic E-state index is 10.7. The Balaban J connectivity index is 0.000000612. The van der Waals surface area contributed by atoms with Gasteiger partial charge in [-0.15, -0.1) is 0 Å². The third-order valence-electron chi connectivity index (χ3n) is 4.66. The molecule has 1 radical (unpaired) electrons. The van der Waals surface area contributed by atoms with Gasteiger partial charge in [-0.3, -0.25) is 0 Å². The molecule has 1 heterocycles. The Labute approximate surface area is 247 Å². The van der Waals surface area contributed by atoms with Crippen LogP contribution >= 0.6 is 19.4 Å². The van der Waals surface area contributed by atoms with Crippen molar-refractivity contribution >= 4 is 36.5 Å². The summed E-state index contributed by atoms with van der Waals surface area (Å²) >= 11 is 5.91. The molecule has 0 saturated heterocycles.